The fraction of sp³-hybridized carbons (Fsp3) is 0.158. The summed E-state index contributed by atoms with van der Waals surface area (Å²) < 4.78 is 16.5. The Labute approximate surface area is 159 Å². The summed E-state index contributed by atoms with van der Waals surface area (Å²) in [6.07, 6.45) is -0.778. The molecule has 2 heterocycles. The molecule has 0 saturated carbocycles. The lowest BCUT2D eigenvalue weighted by Crippen LogP contribution is -2.37. The number of nitrogens with zero attached hydrogens (tertiary/aromatic N) is 1. The van der Waals surface area contributed by atoms with Crippen LogP contribution in [0.3, 0.4) is 0 Å². The second-order valence-electron chi connectivity index (χ2n) is 5.62. The molecule has 132 valence electrons. The van der Waals surface area contributed by atoms with Crippen LogP contribution in [0.25, 0.3) is 10.6 Å². The van der Waals surface area contributed by atoms with Crippen LogP contribution in [-0.2, 0) is 16.1 Å². The minimum absolute atomic E-state index is 0.0877. The van der Waals surface area contributed by atoms with Crippen molar-refractivity contribution in [2.75, 3.05) is 6.61 Å². The van der Waals surface area contributed by atoms with E-state index in [1.807, 2.05) is 41.8 Å². The van der Waals surface area contributed by atoms with Crippen LogP contribution in [0, 0.1) is 0 Å². The lowest BCUT2D eigenvalue weighted by molar-refractivity contribution is -0.156. The highest BCUT2D eigenvalue weighted by atomic mass is 35.5. The van der Waals surface area contributed by atoms with Crippen molar-refractivity contribution >= 4 is 28.9 Å². The van der Waals surface area contributed by atoms with Gasteiger partial charge in [0.25, 0.3) is 0 Å². The molecule has 4 rings (SSSR count). The van der Waals surface area contributed by atoms with Crippen molar-refractivity contribution < 1.29 is 19.0 Å². The topological polar surface area (TPSA) is 57.7 Å². The van der Waals surface area contributed by atoms with Crippen LogP contribution in [0.1, 0.15) is 5.69 Å². The van der Waals surface area contributed by atoms with E-state index in [1.165, 1.54) is 11.3 Å². The largest absolute Gasteiger partial charge is 0.485 e. The van der Waals surface area contributed by atoms with E-state index < -0.39 is 12.1 Å². The molecule has 2 aromatic carbocycles. The Hall–Kier alpha value is -2.57. The van der Waals surface area contributed by atoms with Gasteiger partial charge in [0.05, 0.1) is 5.69 Å². The van der Waals surface area contributed by atoms with Gasteiger partial charge >= 0.3 is 5.97 Å². The molecule has 0 N–H and O–H groups in total. The first kappa shape index (κ1) is 16.9. The van der Waals surface area contributed by atoms with Crippen molar-refractivity contribution in [3.05, 3.63) is 64.6 Å². The number of carbonyl (C=O) groups excluding carboxylic acids is 1. The van der Waals surface area contributed by atoms with Gasteiger partial charge in [0.15, 0.2) is 11.5 Å². The summed E-state index contributed by atoms with van der Waals surface area (Å²) in [5, 5.41) is 3.39. The number of hydrogen-bond acceptors (Lipinski definition) is 6. The second-order valence-corrected chi connectivity index (χ2v) is 6.92. The summed E-state index contributed by atoms with van der Waals surface area (Å²) in [6.45, 7) is 0.216. The third-order valence-corrected chi connectivity index (χ3v) is 4.97. The number of thiazole rings is 1. The highest BCUT2D eigenvalue weighted by Crippen LogP contribution is 2.31. The predicted molar refractivity (Wildman–Crippen MR) is 98.7 cm³/mol. The van der Waals surface area contributed by atoms with E-state index in [2.05, 4.69) is 4.98 Å². The number of aromatic nitrogens is 1. The molecule has 0 spiro atoms. The minimum atomic E-state index is -0.778. The van der Waals surface area contributed by atoms with Gasteiger partial charge in [0, 0.05) is 16.0 Å². The summed E-state index contributed by atoms with van der Waals surface area (Å²) in [5.41, 5.74) is 1.66. The van der Waals surface area contributed by atoms with Gasteiger partial charge in [0.2, 0.25) is 6.10 Å². The number of rotatable bonds is 4. The second kappa shape index (κ2) is 7.35. The SMILES string of the molecule is O=C(OCc1csc(-c2ccc(Cl)cc2)n1)[C@@H]1COc2ccccc2O1. The number of ether oxygens (including phenoxy) is 3. The maximum atomic E-state index is 12.2. The molecule has 0 saturated heterocycles. The van der Waals surface area contributed by atoms with E-state index in [4.69, 9.17) is 25.8 Å². The highest BCUT2D eigenvalue weighted by Gasteiger charge is 2.28. The van der Waals surface area contributed by atoms with Crippen molar-refractivity contribution in [3.8, 4) is 22.1 Å². The Morgan fingerprint density at radius 1 is 1.19 bits per heavy atom. The van der Waals surface area contributed by atoms with Crippen molar-refractivity contribution in [3.63, 3.8) is 0 Å². The number of benzene rings is 2. The van der Waals surface area contributed by atoms with Gasteiger partial charge in [0.1, 0.15) is 18.2 Å². The summed E-state index contributed by atoms with van der Waals surface area (Å²) in [5.74, 6) is 0.698. The molecule has 1 atom stereocenters. The average molecular weight is 388 g/mol. The average Bonchev–Trinajstić information content (AvgIpc) is 3.15. The van der Waals surface area contributed by atoms with Crippen LogP contribution in [0.15, 0.2) is 53.9 Å². The number of fused-ring (bicyclic) bond motifs is 1. The van der Waals surface area contributed by atoms with Gasteiger partial charge in [-0.2, -0.15) is 0 Å². The molecule has 0 radical (unpaired) electrons. The molecule has 0 aliphatic carbocycles. The fourth-order valence-electron chi connectivity index (χ4n) is 2.47. The maximum Gasteiger partial charge on any atom is 0.351 e. The Kier molecular flexibility index (Phi) is 4.77. The molecule has 1 aliphatic rings. The van der Waals surface area contributed by atoms with Crippen molar-refractivity contribution in [2.24, 2.45) is 0 Å². The number of carbonyl (C=O) groups is 1. The van der Waals surface area contributed by atoms with Crippen LogP contribution in [-0.4, -0.2) is 23.7 Å². The summed E-state index contributed by atoms with van der Waals surface area (Å²) in [4.78, 5) is 16.7. The smallest absolute Gasteiger partial charge is 0.351 e. The van der Waals surface area contributed by atoms with Gasteiger partial charge in [-0.25, -0.2) is 9.78 Å². The quantitative estimate of drug-likeness (QED) is 0.623. The Balaban J connectivity index is 1.36. The monoisotopic (exact) mass is 387 g/mol. The highest BCUT2D eigenvalue weighted by molar-refractivity contribution is 7.13. The van der Waals surface area contributed by atoms with Crippen LogP contribution in [0.2, 0.25) is 5.02 Å². The first-order chi connectivity index (χ1) is 12.7. The van der Waals surface area contributed by atoms with Crippen LogP contribution >= 0.6 is 22.9 Å². The minimum Gasteiger partial charge on any atom is -0.485 e. The van der Waals surface area contributed by atoms with Crippen molar-refractivity contribution in [1.29, 1.82) is 0 Å². The Morgan fingerprint density at radius 3 is 2.77 bits per heavy atom. The summed E-state index contributed by atoms with van der Waals surface area (Å²) in [6, 6.07) is 14.7. The molecule has 0 unspecified atom stereocenters. The first-order valence-corrected chi connectivity index (χ1v) is 9.20. The van der Waals surface area contributed by atoms with Gasteiger partial charge in [-0.15, -0.1) is 11.3 Å². The number of esters is 1. The Morgan fingerprint density at radius 2 is 1.96 bits per heavy atom. The third kappa shape index (κ3) is 3.66. The first-order valence-electron chi connectivity index (χ1n) is 7.94. The molecule has 0 bridgehead atoms. The normalized spacial score (nSPS) is 15.5. The lowest BCUT2D eigenvalue weighted by Gasteiger charge is -2.24. The molecule has 26 heavy (non-hydrogen) atoms. The number of halogens is 1. The van der Waals surface area contributed by atoms with E-state index in [0.717, 1.165) is 10.6 Å². The zero-order chi connectivity index (χ0) is 17.9. The molecule has 5 nitrogen and oxygen atoms in total. The molecule has 1 aliphatic heterocycles. The van der Waals surface area contributed by atoms with E-state index in [-0.39, 0.29) is 13.2 Å². The van der Waals surface area contributed by atoms with Crippen molar-refractivity contribution in [2.45, 2.75) is 12.7 Å². The van der Waals surface area contributed by atoms with Gasteiger partial charge in [-0.05, 0) is 24.3 Å². The molecular weight excluding hydrogens is 374 g/mol. The van der Waals surface area contributed by atoms with E-state index in [1.54, 1.807) is 12.1 Å². The summed E-state index contributed by atoms with van der Waals surface area (Å²) in [7, 11) is 0. The zero-order valence-electron chi connectivity index (χ0n) is 13.6. The molecule has 3 aromatic rings. The Bertz CT molecular complexity index is 925. The molecule has 7 heteroatoms. The lowest BCUT2D eigenvalue weighted by atomic mass is 10.2. The number of para-hydroxylation sites is 2. The molecule has 0 fully saturated rings. The van der Waals surface area contributed by atoms with Gasteiger partial charge in [-0.3, -0.25) is 0 Å². The zero-order valence-corrected chi connectivity index (χ0v) is 15.1. The van der Waals surface area contributed by atoms with E-state index in [0.29, 0.717) is 22.2 Å². The predicted octanol–water partition coefficient (Wildman–Crippen LogP) is 4.35. The van der Waals surface area contributed by atoms with Gasteiger partial charge in [-0.1, -0.05) is 35.9 Å². The van der Waals surface area contributed by atoms with Crippen molar-refractivity contribution in [1.82, 2.24) is 4.98 Å². The fourth-order valence-corrected chi connectivity index (χ4v) is 3.41. The van der Waals surface area contributed by atoms with E-state index in [9.17, 15) is 4.79 Å². The van der Waals surface area contributed by atoms with Gasteiger partial charge < -0.3 is 14.2 Å². The van der Waals surface area contributed by atoms with Crippen LogP contribution in [0.5, 0.6) is 11.5 Å². The summed E-state index contributed by atoms with van der Waals surface area (Å²) >= 11 is 7.38. The molecule has 0 amide bonds. The standard InChI is InChI=1S/C19H14ClNO4S/c20-13-7-5-12(6-8-13)18-21-14(11-26-18)9-24-19(22)17-10-23-15-3-1-2-4-16(15)25-17/h1-8,11,17H,9-10H2/t17-/m0/s1. The van der Waals surface area contributed by atoms with Crippen LogP contribution < -0.4 is 9.47 Å². The number of hydrogen-bond donors (Lipinski definition) is 0. The molecular formula is C19H14ClNO4S. The van der Waals surface area contributed by atoms with Crippen LogP contribution in [0.4, 0.5) is 0 Å². The maximum absolute atomic E-state index is 12.2. The molecule has 1 aromatic heterocycles. The van der Waals surface area contributed by atoms with E-state index >= 15 is 0 Å². The third-order valence-electron chi connectivity index (χ3n) is 3.78.